The van der Waals surface area contributed by atoms with Gasteiger partial charge in [-0.2, -0.15) is 13.2 Å². The first-order valence-corrected chi connectivity index (χ1v) is 6.30. The number of hydrogen-bond acceptors (Lipinski definition) is 3. The molecule has 1 aliphatic rings. The zero-order chi connectivity index (χ0) is 14.1. The fourth-order valence-corrected chi connectivity index (χ4v) is 2.80. The van der Waals surface area contributed by atoms with Crippen LogP contribution in [-0.4, -0.2) is 22.7 Å². The Balaban J connectivity index is 2.44. The van der Waals surface area contributed by atoms with Gasteiger partial charge in [-0.3, -0.25) is 4.98 Å². The third-order valence-corrected chi connectivity index (χ3v) is 3.95. The Morgan fingerprint density at radius 1 is 1.37 bits per heavy atom. The second kappa shape index (κ2) is 5.09. The predicted octanol–water partition coefficient (Wildman–Crippen LogP) is 2.23. The molecule has 0 atom stereocenters. The Morgan fingerprint density at radius 2 is 2.00 bits per heavy atom. The van der Waals surface area contributed by atoms with Crippen LogP contribution in [0.3, 0.4) is 0 Å². The lowest BCUT2D eigenvalue weighted by Crippen LogP contribution is -2.41. The number of alkyl halides is 3. The van der Waals surface area contributed by atoms with Crippen LogP contribution in [0.15, 0.2) is 18.3 Å². The van der Waals surface area contributed by atoms with Gasteiger partial charge in [0.15, 0.2) is 0 Å². The third kappa shape index (κ3) is 2.74. The van der Waals surface area contributed by atoms with Crippen LogP contribution in [0.4, 0.5) is 13.2 Å². The van der Waals surface area contributed by atoms with Gasteiger partial charge in [-0.1, -0.05) is 6.07 Å². The number of hydrogen-bond donors (Lipinski definition) is 2. The molecule has 0 unspecified atom stereocenters. The molecule has 0 aromatic carbocycles. The second-order valence-corrected chi connectivity index (χ2v) is 5.11. The van der Waals surface area contributed by atoms with Crippen molar-refractivity contribution in [1.29, 1.82) is 0 Å². The number of aromatic nitrogens is 1. The van der Waals surface area contributed by atoms with Crippen LogP contribution in [0, 0.1) is 0 Å². The molecular formula is C13H17F3N2O. The molecule has 2 rings (SSSR count). The number of aliphatic hydroxyl groups excluding tert-OH is 1. The van der Waals surface area contributed by atoms with Crippen LogP contribution in [-0.2, 0) is 11.6 Å². The smallest absolute Gasteiger partial charge is 0.393 e. The molecule has 1 fully saturated rings. The molecule has 106 valence electrons. The molecule has 1 heterocycles. The quantitative estimate of drug-likeness (QED) is 0.869. The Morgan fingerprint density at radius 3 is 2.53 bits per heavy atom. The van der Waals surface area contributed by atoms with E-state index in [4.69, 9.17) is 5.73 Å². The lowest BCUT2D eigenvalue weighted by atomic mass is 9.68. The van der Waals surface area contributed by atoms with Gasteiger partial charge in [0.1, 0.15) is 5.69 Å². The minimum absolute atomic E-state index is 0.133. The Kier molecular flexibility index (Phi) is 3.82. The summed E-state index contributed by atoms with van der Waals surface area (Å²) in [7, 11) is 0. The van der Waals surface area contributed by atoms with Crippen molar-refractivity contribution >= 4 is 0 Å². The van der Waals surface area contributed by atoms with Gasteiger partial charge < -0.3 is 10.8 Å². The molecule has 0 radical (unpaired) electrons. The lowest BCUT2D eigenvalue weighted by Gasteiger charge is -2.39. The van der Waals surface area contributed by atoms with Gasteiger partial charge in [-0.15, -0.1) is 0 Å². The van der Waals surface area contributed by atoms with Crippen LogP contribution in [0.2, 0.25) is 0 Å². The average molecular weight is 274 g/mol. The van der Waals surface area contributed by atoms with Gasteiger partial charge in [-0.05, 0) is 37.3 Å². The molecule has 1 aromatic rings. The number of nitrogens with zero attached hydrogens (tertiary/aromatic N) is 1. The predicted molar refractivity (Wildman–Crippen MR) is 64.4 cm³/mol. The van der Waals surface area contributed by atoms with E-state index >= 15 is 0 Å². The molecule has 3 N–H and O–H groups in total. The summed E-state index contributed by atoms with van der Waals surface area (Å²) in [5, 5.41) is 9.53. The summed E-state index contributed by atoms with van der Waals surface area (Å²) in [5.41, 5.74) is 4.34. The van der Waals surface area contributed by atoms with E-state index in [9.17, 15) is 18.3 Å². The Bertz CT molecular complexity index is 440. The van der Waals surface area contributed by atoms with E-state index in [2.05, 4.69) is 4.98 Å². The van der Waals surface area contributed by atoms with Gasteiger partial charge >= 0.3 is 6.18 Å². The van der Waals surface area contributed by atoms with E-state index in [0.717, 1.165) is 6.20 Å². The van der Waals surface area contributed by atoms with Crippen molar-refractivity contribution in [2.45, 2.75) is 43.4 Å². The summed E-state index contributed by atoms with van der Waals surface area (Å²) >= 11 is 0. The van der Waals surface area contributed by atoms with Crippen molar-refractivity contribution < 1.29 is 18.3 Å². The van der Waals surface area contributed by atoms with Crippen molar-refractivity contribution in [3.63, 3.8) is 0 Å². The molecule has 0 spiro atoms. The fourth-order valence-electron chi connectivity index (χ4n) is 2.80. The monoisotopic (exact) mass is 274 g/mol. The number of rotatable bonds is 2. The highest BCUT2D eigenvalue weighted by molar-refractivity contribution is 5.32. The van der Waals surface area contributed by atoms with E-state index in [-0.39, 0.29) is 12.1 Å². The molecule has 3 nitrogen and oxygen atoms in total. The second-order valence-electron chi connectivity index (χ2n) is 5.11. The fraction of sp³-hybridized carbons (Fsp3) is 0.615. The molecule has 1 aliphatic carbocycles. The molecule has 1 aromatic heterocycles. The first kappa shape index (κ1) is 14.3. The van der Waals surface area contributed by atoms with E-state index in [1.165, 1.54) is 12.1 Å². The zero-order valence-corrected chi connectivity index (χ0v) is 10.5. The normalized spacial score (nSPS) is 28.4. The van der Waals surface area contributed by atoms with Crippen molar-refractivity contribution in [2.75, 3.05) is 6.54 Å². The lowest BCUT2D eigenvalue weighted by molar-refractivity contribution is -0.142. The number of pyridine rings is 1. The maximum absolute atomic E-state index is 13.0. The summed E-state index contributed by atoms with van der Waals surface area (Å²) in [6.45, 7) is 0.133. The summed E-state index contributed by atoms with van der Waals surface area (Å²) in [6, 6.07) is 2.97. The number of halogens is 3. The average Bonchev–Trinajstić information content (AvgIpc) is 2.39. The molecule has 1 saturated carbocycles. The van der Waals surface area contributed by atoms with Crippen LogP contribution in [0.5, 0.6) is 0 Å². The van der Waals surface area contributed by atoms with E-state index in [1.807, 2.05) is 0 Å². The molecule has 0 aliphatic heterocycles. The summed E-state index contributed by atoms with van der Waals surface area (Å²) in [6.07, 6.45) is -1.90. The van der Waals surface area contributed by atoms with Crippen LogP contribution < -0.4 is 5.73 Å². The van der Waals surface area contributed by atoms with Crippen molar-refractivity contribution in [1.82, 2.24) is 4.98 Å². The summed E-state index contributed by atoms with van der Waals surface area (Å²) in [5.74, 6) is 0. The van der Waals surface area contributed by atoms with Crippen molar-refractivity contribution in [2.24, 2.45) is 5.73 Å². The van der Waals surface area contributed by atoms with Crippen LogP contribution in [0.1, 0.15) is 36.9 Å². The first-order valence-electron chi connectivity index (χ1n) is 6.30. The largest absolute Gasteiger partial charge is 0.433 e. The summed E-state index contributed by atoms with van der Waals surface area (Å²) < 4.78 is 39.1. The van der Waals surface area contributed by atoms with E-state index in [1.54, 1.807) is 0 Å². The van der Waals surface area contributed by atoms with E-state index in [0.29, 0.717) is 25.7 Å². The molecule has 0 bridgehead atoms. The van der Waals surface area contributed by atoms with Gasteiger partial charge in [0.25, 0.3) is 0 Å². The highest BCUT2D eigenvalue weighted by atomic mass is 19.4. The Labute approximate surface area is 109 Å². The van der Waals surface area contributed by atoms with Crippen molar-refractivity contribution in [3.05, 3.63) is 29.6 Å². The molecule has 19 heavy (non-hydrogen) atoms. The molecule has 6 heteroatoms. The first-order chi connectivity index (χ1) is 8.89. The maximum Gasteiger partial charge on any atom is 0.433 e. The topological polar surface area (TPSA) is 59.1 Å². The van der Waals surface area contributed by atoms with Gasteiger partial charge in [0.2, 0.25) is 0 Å². The van der Waals surface area contributed by atoms with Crippen molar-refractivity contribution in [3.8, 4) is 0 Å². The highest BCUT2D eigenvalue weighted by Gasteiger charge is 2.43. The maximum atomic E-state index is 13.0. The van der Waals surface area contributed by atoms with E-state index < -0.39 is 23.4 Å². The number of nitrogens with two attached hydrogens (primary N) is 1. The Hall–Kier alpha value is -1.14. The van der Waals surface area contributed by atoms with Crippen LogP contribution in [0.25, 0.3) is 0 Å². The molecule has 0 amide bonds. The minimum Gasteiger partial charge on any atom is -0.393 e. The molecular weight excluding hydrogens is 257 g/mol. The van der Waals surface area contributed by atoms with Gasteiger partial charge in [0, 0.05) is 18.2 Å². The SMILES string of the molecule is NCC1(c2cccnc2C(F)(F)F)CCC(O)CC1. The van der Waals surface area contributed by atoms with Gasteiger partial charge in [0.05, 0.1) is 6.10 Å². The van der Waals surface area contributed by atoms with Gasteiger partial charge in [-0.25, -0.2) is 0 Å². The zero-order valence-electron chi connectivity index (χ0n) is 10.5. The third-order valence-electron chi connectivity index (χ3n) is 3.95. The van der Waals surface area contributed by atoms with Crippen LogP contribution >= 0.6 is 0 Å². The minimum atomic E-state index is -4.48. The highest BCUT2D eigenvalue weighted by Crippen LogP contribution is 2.43. The summed E-state index contributed by atoms with van der Waals surface area (Å²) in [4.78, 5) is 3.49. The molecule has 0 saturated heterocycles. The number of aliphatic hydroxyl groups is 1. The standard InChI is InChI=1S/C13H17F3N2O/c14-13(15,16)11-10(2-1-7-18-11)12(8-17)5-3-9(19)4-6-12/h1-2,7,9,19H,3-6,8,17H2.